The molecule has 1 fully saturated rings. The third-order valence-corrected chi connectivity index (χ3v) is 3.67. The van der Waals surface area contributed by atoms with Gasteiger partial charge >= 0.3 is 0 Å². The number of halogens is 1. The average molecular weight is 349 g/mol. The van der Waals surface area contributed by atoms with E-state index in [9.17, 15) is 4.79 Å². The summed E-state index contributed by atoms with van der Waals surface area (Å²) in [6.07, 6.45) is 1.62. The van der Waals surface area contributed by atoms with Gasteiger partial charge in [-0.05, 0) is 30.4 Å². The Kier molecular flexibility index (Phi) is 3.42. The maximum absolute atomic E-state index is 11.5. The lowest BCUT2D eigenvalue weighted by Crippen LogP contribution is -2.21. The third-order valence-electron chi connectivity index (χ3n) is 2.77. The highest BCUT2D eigenvalue weighted by molar-refractivity contribution is 9.10. The number of carbonyl (C=O) groups is 1. The van der Waals surface area contributed by atoms with Gasteiger partial charge in [0.05, 0.1) is 0 Å². The molecule has 0 aliphatic carbocycles. The molecule has 2 N–H and O–H groups in total. The fraction of sp³-hybridized carbons (Fsp3) is 0. The molecular formula is C14H9BrN2O2S. The van der Waals surface area contributed by atoms with E-state index in [4.69, 9.17) is 16.6 Å². The van der Waals surface area contributed by atoms with Crippen molar-refractivity contribution in [2.45, 2.75) is 0 Å². The summed E-state index contributed by atoms with van der Waals surface area (Å²) in [6, 6.07) is 11.4. The van der Waals surface area contributed by atoms with E-state index in [0.29, 0.717) is 16.6 Å². The molecule has 1 amide bonds. The van der Waals surface area contributed by atoms with Crippen LogP contribution in [0.3, 0.4) is 0 Å². The van der Waals surface area contributed by atoms with Crippen LogP contribution in [-0.4, -0.2) is 11.0 Å². The van der Waals surface area contributed by atoms with Gasteiger partial charge in [0.1, 0.15) is 17.2 Å². The maximum atomic E-state index is 11.5. The first kappa shape index (κ1) is 13.1. The van der Waals surface area contributed by atoms with Gasteiger partial charge in [0.25, 0.3) is 5.91 Å². The van der Waals surface area contributed by atoms with Gasteiger partial charge in [-0.15, -0.1) is 0 Å². The fourth-order valence-electron chi connectivity index (χ4n) is 1.86. The molecule has 1 aliphatic heterocycles. The molecule has 0 atom stereocenters. The van der Waals surface area contributed by atoms with E-state index in [1.54, 1.807) is 12.1 Å². The molecule has 100 valence electrons. The van der Waals surface area contributed by atoms with E-state index >= 15 is 0 Å². The standard InChI is InChI=1S/C14H9BrN2O2S/c15-10-4-2-1-3-9(10)12-6-5-8(19-12)7-11-13(18)17-14(20)16-11/h1-7H,(H2,16,17,18,20)/b11-7-. The average Bonchev–Trinajstić information content (AvgIpc) is 2.98. The summed E-state index contributed by atoms with van der Waals surface area (Å²) in [6.45, 7) is 0. The summed E-state index contributed by atoms with van der Waals surface area (Å²) in [5.41, 5.74) is 1.33. The summed E-state index contributed by atoms with van der Waals surface area (Å²) < 4.78 is 6.68. The number of amides is 1. The Morgan fingerprint density at radius 3 is 2.65 bits per heavy atom. The normalized spacial score (nSPS) is 16.4. The van der Waals surface area contributed by atoms with Crippen LogP contribution in [0.2, 0.25) is 0 Å². The summed E-state index contributed by atoms with van der Waals surface area (Å²) in [4.78, 5) is 11.5. The van der Waals surface area contributed by atoms with Gasteiger partial charge in [0.15, 0.2) is 5.11 Å². The van der Waals surface area contributed by atoms with E-state index in [2.05, 4.69) is 26.6 Å². The van der Waals surface area contributed by atoms with Crippen LogP contribution in [0.15, 0.2) is 51.0 Å². The zero-order valence-electron chi connectivity index (χ0n) is 10.1. The minimum absolute atomic E-state index is 0.256. The quantitative estimate of drug-likeness (QED) is 0.646. The molecule has 3 rings (SSSR count). The molecule has 1 aromatic heterocycles. The van der Waals surface area contributed by atoms with Crippen molar-refractivity contribution in [2.24, 2.45) is 0 Å². The first-order valence-corrected chi connectivity index (χ1v) is 7.02. The zero-order chi connectivity index (χ0) is 14.1. The van der Waals surface area contributed by atoms with Crippen LogP contribution in [0, 0.1) is 0 Å². The van der Waals surface area contributed by atoms with E-state index in [1.807, 2.05) is 30.3 Å². The van der Waals surface area contributed by atoms with Crippen LogP contribution in [0.4, 0.5) is 0 Å². The minimum Gasteiger partial charge on any atom is -0.457 e. The zero-order valence-corrected chi connectivity index (χ0v) is 12.5. The van der Waals surface area contributed by atoms with Crippen LogP contribution in [0.1, 0.15) is 5.76 Å². The molecule has 2 heterocycles. The van der Waals surface area contributed by atoms with Crippen LogP contribution in [0.25, 0.3) is 17.4 Å². The number of hydrogen-bond donors (Lipinski definition) is 2. The van der Waals surface area contributed by atoms with Crippen LogP contribution in [-0.2, 0) is 4.79 Å². The lowest BCUT2D eigenvalue weighted by molar-refractivity contribution is -0.115. The Balaban J connectivity index is 1.92. The second-order valence-corrected chi connectivity index (χ2v) is 5.41. The van der Waals surface area contributed by atoms with Crippen molar-refractivity contribution >= 4 is 45.2 Å². The van der Waals surface area contributed by atoms with Gasteiger partial charge in [-0.3, -0.25) is 10.1 Å². The Hall–Kier alpha value is -1.92. The van der Waals surface area contributed by atoms with Gasteiger partial charge in [-0.25, -0.2) is 0 Å². The summed E-state index contributed by atoms with van der Waals surface area (Å²) in [7, 11) is 0. The highest BCUT2D eigenvalue weighted by Gasteiger charge is 2.20. The minimum atomic E-state index is -0.256. The second kappa shape index (κ2) is 5.22. The summed E-state index contributed by atoms with van der Waals surface area (Å²) in [5, 5.41) is 5.58. The smallest absolute Gasteiger partial charge is 0.274 e. The Bertz CT molecular complexity index is 736. The van der Waals surface area contributed by atoms with Crippen LogP contribution >= 0.6 is 28.1 Å². The highest BCUT2D eigenvalue weighted by Crippen LogP contribution is 2.29. The van der Waals surface area contributed by atoms with Crippen molar-refractivity contribution in [3.8, 4) is 11.3 Å². The molecule has 0 saturated carbocycles. The molecule has 1 aliphatic rings. The van der Waals surface area contributed by atoms with Gasteiger partial charge in [-0.1, -0.05) is 34.1 Å². The molecule has 0 spiro atoms. The Labute approximate surface area is 129 Å². The number of thiocarbonyl (C=S) groups is 1. The molecule has 1 aromatic carbocycles. The fourth-order valence-corrected chi connectivity index (χ4v) is 2.54. The number of nitrogens with one attached hydrogen (secondary N) is 2. The van der Waals surface area contributed by atoms with Crippen molar-refractivity contribution in [3.63, 3.8) is 0 Å². The molecule has 2 aromatic rings. The molecule has 0 unspecified atom stereocenters. The van der Waals surface area contributed by atoms with Gasteiger partial charge < -0.3 is 9.73 Å². The SMILES string of the molecule is O=C1NC(=S)N/C1=C\c1ccc(-c2ccccc2Br)o1. The lowest BCUT2D eigenvalue weighted by Gasteiger charge is -1.99. The molecule has 20 heavy (non-hydrogen) atoms. The van der Waals surface area contributed by atoms with E-state index in [0.717, 1.165) is 15.8 Å². The maximum Gasteiger partial charge on any atom is 0.274 e. The third kappa shape index (κ3) is 2.52. The molecule has 0 radical (unpaired) electrons. The van der Waals surface area contributed by atoms with Crippen molar-refractivity contribution in [3.05, 3.63) is 52.3 Å². The summed E-state index contributed by atoms with van der Waals surface area (Å²) >= 11 is 8.35. The number of furan rings is 1. The van der Waals surface area contributed by atoms with E-state index in [1.165, 1.54) is 0 Å². The topological polar surface area (TPSA) is 54.3 Å². The molecule has 1 saturated heterocycles. The Morgan fingerprint density at radius 2 is 1.95 bits per heavy atom. The number of rotatable bonds is 2. The van der Waals surface area contributed by atoms with Crippen molar-refractivity contribution in [2.75, 3.05) is 0 Å². The monoisotopic (exact) mass is 348 g/mol. The second-order valence-electron chi connectivity index (χ2n) is 4.15. The van der Waals surface area contributed by atoms with Gasteiger partial charge in [0.2, 0.25) is 0 Å². The predicted octanol–water partition coefficient (Wildman–Crippen LogP) is 3.05. The predicted molar refractivity (Wildman–Crippen MR) is 83.7 cm³/mol. The van der Waals surface area contributed by atoms with E-state index < -0.39 is 0 Å². The largest absolute Gasteiger partial charge is 0.457 e. The lowest BCUT2D eigenvalue weighted by atomic mass is 10.2. The molecule has 4 nitrogen and oxygen atoms in total. The van der Waals surface area contributed by atoms with Crippen molar-refractivity contribution < 1.29 is 9.21 Å². The van der Waals surface area contributed by atoms with Crippen molar-refractivity contribution in [1.82, 2.24) is 10.6 Å². The van der Waals surface area contributed by atoms with Gasteiger partial charge in [0, 0.05) is 16.1 Å². The van der Waals surface area contributed by atoms with Crippen molar-refractivity contribution in [1.29, 1.82) is 0 Å². The molecule has 0 bridgehead atoms. The van der Waals surface area contributed by atoms with Gasteiger partial charge in [-0.2, -0.15) is 0 Å². The number of carbonyl (C=O) groups excluding carboxylic acids is 1. The van der Waals surface area contributed by atoms with E-state index in [-0.39, 0.29) is 5.91 Å². The van der Waals surface area contributed by atoms with Crippen LogP contribution < -0.4 is 10.6 Å². The number of hydrogen-bond acceptors (Lipinski definition) is 3. The molecular weight excluding hydrogens is 340 g/mol. The highest BCUT2D eigenvalue weighted by atomic mass is 79.9. The molecule has 6 heteroatoms. The first-order chi connectivity index (χ1) is 9.63. The van der Waals surface area contributed by atoms with Crippen LogP contribution in [0.5, 0.6) is 0 Å². The Morgan fingerprint density at radius 1 is 1.15 bits per heavy atom. The first-order valence-electron chi connectivity index (χ1n) is 5.82. The summed E-state index contributed by atoms with van der Waals surface area (Å²) in [5.74, 6) is 1.05. The number of benzene rings is 1.